The minimum absolute atomic E-state index is 0.0282. The topological polar surface area (TPSA) is 84.9 Å². The van der Waals surface area contributed by atoms with E-state index in [1.165, 1.54) is 4.90 Å². The first-order valence-electron chi connectivity index (χ1n) is 6.70. The Morgan fingerprint density at radius 2 is 2.27 bits per heavy atom. The number of carbonyl (C=O) groups is 3. The number of carbonyl (C=O) groups excluding carboxylic acids is 3. The van der Waals surface area contributed by atoms with Gasteiger partial charge in [-0.05, 0) is 25.1 Å². The van der Waals surface area contributed by atoms with Crippen molar-refractivity contribution in [3.05, 3.63) is 29.3 Å². The molecule has 1 heterocycles. The molecule has 0 aliphatic carbocycles. The molecule has 2 rings (SSSR count). The van der Waals surface area contributed by atoms with Crippen LogP contribution in [0.3, 0.4) is 0 Å². The summed E-state index contributed by atoms with van der Waals surface area (Å²) < 4.78 is 9.70. The van der Waals surface area contributed by atoms with Gasteiger partial charge in [-0.3, -0.25) is 9.69 Å². The highest BCUT2D eigenvalue weighted by atomic mass is 35.5. The number of halogens is 1. The van der Waals surface area contributed by atoms with Crippen LogP contribution in [0.5, 0.6) is 0 Å². The van der Waals surface area contributed by atoms with Crippen molar-refractivity contribution in [3.63, 3.8) is 0 Å². The normalized spacial score (nSPS) is 17.1. The number of hydrogen-bond donors (Lipinski definition) is 1. The van der Waals surface area contributed by atoms with Crippen molar-refractivity contribution < 1.29 is 23.9 Å². The van der Waals surface area contributed by atoms with E-state index < -0.39 is 24.1 Å². The van der Waals surface area contributed by atoms with Crippen LogP contribution in [0.25, 0.3) is 0 Å². The number of amides is 2. The largest absolute Gasteiger partial charge is 0.459 e. The average molecular weight is 327 g/mol. The van der Waals surface area contributed by atoms with Crippen LogP contribution in [0.1, 0.15) is 6.92 Å². The Labute approximate surface area is 132 Å². The monoisotopic (exact) mass is 326 g/mol. The Bertz CT molecular complexity index is 592. The maximum atomic E-state index is 11.8. The molecule has 2 amide bonds. The van der Waals surface area contributed by atoms with Crippen LogP contribution in [-0.2, 0) is 19.1 Å². The molecule has 1 aliphatic heterocycles. The summed E-state index contributed by atoms with van der Waals surface area (Å²) in [6, 6.07) is 6.79. The molecular weight excluding hydrogens is 312 g/mol. The summed E-state index contributed by atoms with van der Waals surface area (Å²) in [6.45, 7) is 2.00. The van der Waals surface area contributed by atoms with E-state index in [2.05, 4.69) is 10.1 Å². The smallest absolute Gasteiger partial charge is 0.414 e. The summed E-state index contributed by atoms with van der Waals surface area (Å²) in [5.74, 6) is -1.82. The molecule has 1 atom stereocenters. The summed E-state index contributed by atoms with van der Waals surface area (Å²) in [4.78, 5) is 35.8. The van der Waals surface area contributed by atoms with Gasteiger partial charge in [-0.25, -0.2) is 9.59 Å². The van der Waals surface area contributed by atoms with E-state index >= 15 is 0 Å². The molecule has 1 fully saturated rings. The molecule has 7 nitrogen and oxygen atoms in total. The van der Waals surface area contributed by atoms with E-state index in [0.29, 0.717) is 10.7 Å². The van der Waals surface area contributed by atoms with E-state index in [1.807, 2.05) is 0 Å². The lowest BCUT2D eigenvalue weighted by Crippen LogP contribution is -2.39. The summed E-state index contributed by atoms with van der Waals surface area (Å²) in [5, 5.41) is 2.87. The molecule has 8 heteroatoms. The van der Waals surface area contributed by atoms with Gasteiger partial charge in [-0.2, -0.15) is 0 Å². The first-order chi connectivity index (χ1) is 10.5. The van der Waals surface area contributed by atoms with Crippen molar-refractivity contribution in [1.29, 1.82) is 0 Å². The molecule has 0 saturated carbocycles. The van der Waals surface area contributed by atoms with Crippen LogP contribution < -0.4 is 10.2 Å². The van der Waals surface area contributed by atoms with E-state index in [9.17, 15) is 14.4 Å². The Kier molecular flexibility index (Phi) is 5.21. The first kappa shape index (κ1) is 16.1. The zero-order valence-electron chi connectivity index (χ0n) is 11.9. The van der Waals surface area contributed by atoms with Gasteiger partial charge in [0.1, 0.15) is 6.10 Å². The number of esters is 1. The molecule has 0 aromatic heterocycles. The minimum atomic E-state index is -0.960. The lowest BCUT2D eigenvalue weighted by atomic mass is 10.2. The molecule has 0 radical (unpaired) electrons. The van der Waals surface area contributed by atoms with Gasteiger partial charge in [-0.1, -0.05) is 17.7 Å². The minimum Gasteiger partial charge on any atom is -0.459 e. The molecule has 0 spiro atoms. The quantitative estimate of drug-likeness (QED) is 0.666. The average Bonchev–Trinajstić information content (AvgIpc) is 2.86. The molecule has 1 aliphatic rings. The lowest BCUT2D eigenvalue weighted by Gasteiger charge is -2.13. The van der Waals surface area contributed by atoms with Gasteiger partial charge in [0, 0.05) is 10.7 Å². The van der Waals surface area contributed by atoms with Crippen LogP contribution in [-0.4, -0.2) is 43.8 Å². The number of hydrogen-bond acceptors (Lipinski definition) is 5. The number of ether oxygens (including phenoxy) is 2. The SMILES string of the molecule is CCOC(=O)C(=O)NCC1CN(c2cccc(Cl)c2)C(=O)O1. The lowest BCUT2D eigenvalue weighted by molar-refractivity contribution is -0.154. The Morgan fingerprint density at radius 1 is 1.50 bits per heavy atom. The Hall–Kier alpha value is -2.28. The second kappa shape index (κ2) is 7.13. The van der Waals surface area contributed by atoms with Gasteiger partial charge in [0.15, 0.2) is 0 Å². The summed E-state index contributed by atoms with van der Waals surface area (Å²) in [7, 11) is 0. The molecule has 1 aromatic rings. The van der Waals surface area contributed by atoms with Gasteiger partial charge < -0.3 is 14.8 Å². The second-order valence-electron chi connectivity index (χ2n) is 4.53. The van der Waals surface area contributed by atoms with E-state index in [-0.39, 0.29) is 19.7 Å². The van der Waals surface area contributed by atoms with Crippen molar-refractivity contribution in [2.24, 2.45) is 0 Å². The number of benzene rings is 1. The van der Waals surface area contributed by atoms with Gasteiger partial charge in [0.2, 0.25) is 0 Å². The third kappa shape index (κ3) is 3.88. The molecule has 22 heavy (non-hydrogen) atoms. The summed E-state index contributed by atoms with van der Waals surface area (Å²) in [6.07, 6.45) is -1.08. The third-order valence-electron chi connectivity index (χ3n) is 2.95. The number of cyclic esters (lactones) is 1. The van der Waals surface area contributed by atoms with E-state index in [0.717, 1.165) is 0 Å². The fourth-order valence-electron chi connectivity index (χ4n) is 1.96. The number of anilines is 1. The van der Waals surface area contributed by atoms with Crippen LogP contribution in [0.4, 0.5) is 10.5 Å². The molecule has 1 unspecified atom stereocenters. The van der Waals surface area contributed by atoms with Crippen molar-refractivity contribution in [2.45, 2.75) is 13.0 Å². The predicted octanol–water partition coefficient (Wildman–Crippen LogP) is 1.34. The van der Waals surface area contributed by atoms with Crippen LogP contribution in [0.15, 0.2) is 24.3 Å². The summed E-state index contributed by atoms with van der Waals surface area (Å²) in [5.41, 5.74) is 0.608. The third-order valence-corrected chi connectivity index (χ3v) is 3.18. The van der Waals surface area contributed by atoms with Crippen molar-refractivity contribution in [3.8, 4) is 0 Å². The molecule has 1 aromatic carbocycles. The second-order valence-corrected chi connectivity index (χ2v) is 4.96. The fourth-order valence-corrected chi connectivity index (χ4v) is 2.14. The van der Waals surface area contributed by atoms with E-state index in [1.54, 1.807) is 31.2 Å². The highest BCUT2D eigenvalue weighted by molar-refractivity contribution is 6.32. The van der Waals surface area contributed by atoms with Crippen LogP contribution in [0, 0.1) is 0 Å². The first-order valence-corrected chi connectivity index (χ1v) is 7.07. The predicted molar refractivity (Wildman–Crippen MR) is 78.7 cm³/mol. The standard InChI is InChI=1S/C14H15ClN2O5/c1-2-21-13(19)12(18)16-7-11-8-17(14(20)22-11)10-5-3-4-9(15)6-10/h3-6,11H,2,7-8H2,1H3,(H,16,18). The Morgan fingerprint density at radius 3 is 2.95 bits per heavy atom. The van der Waals surface area contributed by atoms with Crippen molar-refractivity contribution >= 4 is 35.3 Å². The highest BCUT2D eigenvalue weighted by Crippen LogP contribution is 2.24. The highest BCUT2D eigenvalue weighted by Gasteiger charge is 2.33. The Balaban J connectivity index is 1.90. The van der Waals surface area contributed by atoms with Gasteiger partial charge in [-0.15, -0.1) is 0 Å². The molecule has 0 bridgehead atoms. The van der Waals surface area contributed by atoms with E-state index in [4.69, 9.17) is 16.3 Å². The summed E-state index contributed by atoms with van der Waals surface area (Å²) >= 11 is 5.89. The van der Waals surface area contributed by atoms with Crippen LogP contribution >= 0.6 is 11.6 Å². The van der Waals surface area contributed by atoms with Crippen molar-refractivity contribution in [2.75, 3.05) is 24.6 Å². The molecule has 1 saturated heterocycles. The van der Waals surface area contributed by atoms with Crippen LogP contribution in [0.2, 0.25) is 5.02 Å². The van der Waals surface area contributed by atoms with Gasteiger partial charge in [0.05, 0.1) is 19.7 Å². The maximum absolute atomic E-state index is 11.8. The van der Waals surface area contributed by atoms with Gasteiger partial charge >= 0.3 is 18.0 Å². The number of nitrogens with zero attached hydrogens (tertiary/aromatic N) is 1. The van der Waals surface area contributed by atoms with Crippen molar-refractivity contribution in [1.82, 2.24) is 5.32 Å². The zero-order valence-corrected chi connectivity index (χ0v) is 12.6. The molecule has 1 N–H and O–H groups in total. The van der Waals surface area contributed by atoms with Gasteiger partial charge in [0.25, 0.3) is 0 Å². The molecular formula is C14H15ClN2O5. The number of rotatable bonds is 4. The maximum Gasteiger partial charge on any atom is 0.414 e. The number of nitrogens with one attached hydrogen (secondary N) is 1. The zero-order chi connectivity index (χ0) is 16.1. The molecule has 118 valence electrons. The fraction of sp³-hybridized carbons (Fsp3) is 0.357.